The van der Waals surface area contributed by atoms with Gasteiger partial charge in [-0.25, -0.2) is 4.98 Å². The summed E-state index contributed by atoms with van der Waals surface area (Å²) in [5.74, 6) is 1.17. The topological polar surface area (TPSA) is 75.6 Å². The van der Waals surface area contributed by atoms with Crippen LogP contribution in [-0.4, -0.2) is 25.8 Å². The summed E-state index contributed by atoms with van der Waals surface area (Å²) < 4.78 is 8.43. The van der Waals surface area contributed by atoms with Gasteiger partial charge >= 0.3 is 0 Å². The summed E-state index contributed by atoms with van der Waals surface area (Å²) in [6.45, 7) is 0. The lowest BCUT2D eigenvalue weighted by atomic mass is 10.2. The molecule has 96 valence electrons. The van der Waals surface area contributed by atoms with Gasteiger partial charge in [0, 0.05) is 13.2 Å². The van der Waals surface area contributed by atoms with Crippen LogP contribution in [0.5, 0.6) is 0 Å². The highest BCUT2D eigenvalue weighted by molar-refractivity contribution is 7.00. The van der Waals surface area contributed by atoms with Crippen LogP contribution in [0.4, 0.5) is 17.5 Å². The van der Waals surface area contributed by atoms with Crippen LogP contribution in [0.2, 0.25) is 5.02 Å². The molecule has 0 amide bonds. The number of benzene rings is 1. The molecule has 6 nitrogen and oxygen atoms in total. The Labute approximate surface area is 118 Å². The predicted octanol–water partition coefficient (Wildman–Crippen LogP) is 2.92. The summed E-state index contributed by atoms with van der Waals surface area (Å²) >= 11 is 7.35. The van der Waals surface area contributed by atoms with Crippen molar-refractivity contribution >= 4 is 51.8 Å². The van der Waals surface area contributed by atoms with Gasteiger partial charge in [0.1, 0.15) is 16.9 Å². The van der Waals surface area contributed by atoms with Crippen molar-refractivity contribution in [3.8, 4) is 0 Å². The summed E-state index contributed by atoms with van der Waals surface area (Å²) in [4.78, 5) is 8.34. The van der Waals surface area contributed by atoms with Crippen LogP contribution in [0, 0.1) is 0 Å². The van der Waals surface area contributed by atoms with Gasteiger partial charge in [0.05, 0.1) is 22.4 Å². The molecule has 0 spiro atoms. The minimum atomic E-state index is 0.532. The Morgan fingerprint density at radius 3 is 2.95 bits per heavy atom. The smallest absolute Gasteiger partial charge is 0.224 e. The number of hydrogen-bond donors (Lipinski definition) is 2. The molecule has 0 fully saturated rings. The van der Waals surface area contributed by atoms with E-state index in [-0.39, 0.29) is 0 Å². The van der Waals surface area contributed by atoms with Crippen LogP contribution in [0.15, 0.2) is 24.4 Å². The van der Waals surface area contributed by atoms with Crippen molar-refractivity contribution in [3.05, 3.63) is 29.4 Å². The first kappa shape index (κ1) is 12.1. The minimum absolute atomic E-state index is 0.532. The van der Waals surface area contributed by atoms with Gasteiger partial charge in [0.2, 0.25) is 5.95 Å². The Hall–Kier alpha value is -1.99. The summed E-state index contributed by atoms with van der Waals surface area (Å²) in [6, 6.07) is 5.38. The van der Waals surface area contributed by atoms with Gasteiger partial charge in [-0.2, -0.15) is 13.7 Å². The SMILES string of the molecule is CNc1nccc(Nc2c(Cl)ccc3nsnc23)n1. The molecule has 0 bridgehead atoms. The minimum Gasteiger partial charge on any atom is -0.357 e. The summed E-state index contributed by atoms with van der Waals surface area (Å²) in [5.41, 5.74) is 2.25. The lowest BCUT2D eigenvalue weighted by Crippen LogP contribution is -2.00. The molecule has 0 atom stereocenters. The Balaban J connectivity index is 2.04. The Bertz CT molecular complexity index is 728. The van der Waals surface area contributed by atoms with E-state index in [1.165, 1.54) is 0 Å². The Morgan fingerprint density at radius 2 is 2.11 bits per heavy atom. The number of fused-ring (bicyclic) bond motifs is 1. The van der Waals surface area contributed by atoms with Crippen LogP contribution in [0.3, 0.4) is 0 Å². The molecule has 0 saturated heterocycles. The number of aromatic nitrogens is 4. The van der Waals surface area contributed by atoms with Crippen LogP contribution in [-0.2, 0) is 0 Å². The standard InChI is InChI=1S/C11H9ClN6S/c1-13-11-14-5-4-8(16-11)15-9-6(12)2-3-7-10(9)18-19-17-7/h2-5H,1H3,(H2,13,14,15,16). The predicted molar refractivity (Wildman–Crippen MR) is 77.3 cm³/mol. The molecule has 8 heteroatoms. The Kier molecular flexibility index (Phi) is 3.14. The van der Waals surface area contributed by atoms with Gasteiger partial charge in [-0.3, -0.25) is 0 Å². The zero-order chi connectivity index (χ0) is 13.2. The molecule has 1 aromatic carbocycles. The van der Waals surface area contributed by atoms with Gasteiger partial charge in [0.15, 0.2) is 0 Å². The van der Waals surface area contributed by atoms with E-state index in [0.29, 0.717) is 22.5 Å². The fourth-order valence-corrected chi connectivity index (χ4v) is 2.36. The van der Waals surface area contributed by atoms with Crippen molar-refractivity contribution in [2.24, 2.45) is 0 Å². The quantitative estimate of drug-likeness (QED) is 0.773. The van der Waals surface area contributed by atoms with Gasteiger partial charge in [-0.15, -0.1) is 0 Å². The summed E-state index contributed by atoms with van der Waals surface area (Å²) in [5, 5.41) is 6.61. The molecule has 2 heterocycles. The van der Waals surface area contributed by atoms with Crippen LogP contribution in [0.1, 0.15) is 0 Å². The Morgan fingerprint density at radius 1 is 1.21 bits per heavy atom. The van der Waals surface area contributed by atoms with Crippen LogP contribution in [0.25, 0.3) is 11.0 Å². The van der Waals surface area contributed by atoms with Crippen molar-refractivity contribution < 1.29 is 0 Å². The van der Waals surface area contributed by atoms with Crippen molar-refractivity contribution in [2.75, 3.05) is 17.7 Å². The molecule has 0 aliphatic rings. The molecule has 0 radical (unpaired) electrons. The van der Waals surface area contributed by atoms with Gasteiger partial charge in [-0.1, -0.05) is 11.6 Å². The van der Waals surface area contributed by atoms with E-state index >= 15 is 0 Å². The van der Waals surface area contributed by atoms with Gasteiger partial charge in [-0.05, 0) is 18.2 Å². The third-order valence-corrected chi connectivity index (χ3v) is 3.37. The molecule has 0 saturated carbocycles. The van der Waals surface area contributed by atoms with Gasteiger partial charge < -0.3 is 10.6 Å². The maximum absolute atomic E-state index is 6.20. The highest BCUT2D eigenvalue weighted by Crippen LogP contribution is 2.31. The van der Waals surface area contributed by atoms with E-state index < -0.39 is 0 Å². The van der Waals surface area contributed by atoms with E-state index in [1.807, 2.05) is 6.07 Å². The molecular weight excluding hydrogens is 284 g/mol. The molecule has 19 heavy (non-hydrogen) atoms. The lowest BCUT2D eigenvalue weighted by molar-refractivity contribution is 1.15. The third kappa shape index (κ3) is 2.29. The molecule has 0 aliphatic heterocycles. The molecular formula is C11H9ClN6S. The zero-order valence-corrected chi connectivity index (χ0v) is 11.5. The summed E-state index contributed by atoms with van der Waals surface area (Å²) in [7, 11) is 1.76. The zero-order valence-electron chi connectivity index (χ0n) is 9.88. The van der Waals surface area contributed by atoms with Crippen molar-refractivity contribution in [2.45, 2.75) is 0 Å². The number of nitrogens with one attached hydrogen (secondary N) is 2. The fraction of sp³-hybridized carbons (Fsp3) is 0.0909. The molecule has 3 aromatic rings. The number of halogens is 1. The normalized spacial score (nSPS) is 10.6. The van der Waals surface area contributed by atoms with Crippen molar-refractivity contribution in [1.29, 1.82) is 0 Å². The fourth-order valence-electron chi connectivity index (χ4n) is 1.62. The van der Waals surface area contributed by atoms with E-state index in [2.05, 4.69) is 29.3 Å². The molecule has 2 aromatic heterocycles. The van der Waals surface area contributed by atoms with E-state index in [4.69, 9.17) is 11.6 Å². The average molecular weight is 293 g/mol. The summed E-state index contributed by atoms with van der Waals surface area (Å²) in [6.07, 6.45) is 1.66. The van der Waals surface area contributed by atoms with Crippen LogP contribution >= 0.6 is 23.3 Å². The van der Waals surface area contributed by atoms with Crippen LogP contribution < -0.4 is 10.6 Å². The third-order valence-electron chi connectivity index (χ3n) is 2.51. The number of hydrogen-bond acceptors (Lipinski definition) is 7. The van der Waals surface area contributed by atoms with Crippen molar-refractivity contribution in [3.63, 3.8) is 0 Å². The first-order valence-corrected chi connectivity index (χ1v) is 6.57. The highest BCUT2D eigenvalue weighted by atomic mass is 35.5. The molecule has 2 N–H and O–H groups in total. The number of anilines is 3. The lowest BCUT2D eigenvalue weighted by Gasteiger charge is -2.08. The molecule has 3 rings (SSSR count). The monoisotopic (exact) mass is 292 g/mol. The largest absolute Gasteiger partial charge is 0.357 e. The molecule has 0 unspecified atom stereocenters. The van der Waals surface area contributed by atoms with E-state index in [0.717, 1.165) is 22.8 Å². The second kappa shape index (κ2) is 4.94. The first-order valence-electron chi connectivity index (χ1n) is 5.46. The maximum atomic E-state index is 6.20. The number of rotatable bonds is 3. The molecule has 0 aliphatic carbocycles. The first-order chi connectivity index (χ1) is 9.28. The van der Waals surface area contributed by atoms with E-state index in [9.17, 15) is 0 Å². The second-order valence-corrected chi connectivity index (χ2v) is 4.63. The maximum Gasteiger partial charge on any atom is 0.224 e. The van der Waals surface area contributed by atoms with E-state index in [1.54, 1.807) is 25.4 Å². The highest BCUT2D eigenvalue weighted by Gasteiger charge is 2.10. The van der Waals surface area contributed by atoms with Gasteiger partial charge in [0.25, 0.3) is 0 Å². The van der Waals surface area contributed by atoms with Crippen molar-refractivity contribution in [1.82, 2.24) is 18.7 Å². The number of nitrogens with zero attached hydrogens (tertiary/aromatic N) is 4. The average Bonchev–Trinajstić information content (AvgIpc) is 2.91. The second-order valence-electron chi connectivity index (χ2n) is 3.69.